The standard InChI is InChI=1S/C34H38N2O5/c1-33(2,3)32-36(29(37)25-20-14-9-15-21-25)27(31(39)40-32)22-26(30(38)41-34(4,5)6)35-28(23-16-10-7-11-17-23)24-18-12-8-13-19-24/h7-21,26-27,32H,22H2,1-6H3/t26-,27-,32-/m0/s1. The quantitative estimate of drug-likeness (QED) is 0.262. The molecule has 214 valence electrons. The third kappa shape index (κ3) is 7.28. The maximum Gasteiger partial charge on any atom is 0.331 e. The first-order chi connectivity index (χ1) is 19.3. The molecule has 4 rings (SSSR count). The van der Waals surface area contributed by atoms with E-state index in [9.17, 15) is 14.4 Å². The lowest BCUT2D eigenvalue weighted by Gasteiger charge is -2.35. The van der Waals surface area contributed by atoms with Crippen LogP contribution < -0.4 is 0 Å². The zero-order chi connectivity index (χ0) is 29.8. The molecule has 0 spiro atoms. The van der Waals surface area contributed by atoms with Gasteiger partial charge < -0.3 is 9.47 Å². The van der Waals surface area contributed by atoms with E-state index in [1.165, 1.54) is 4.90 Å². The van der Waals surface area contributed by atoms with Crippen LogP contribution in [0.1, 0.15) is 69.4 Å². The van der Waals surface area contributed by atoms with Gasteiger partial charge in [-0.05, 0) is 32.9 Å². The molecule has 1 amide bonds. The van der Waals surface area contributed by atoms with Crippen molar-refractivity contribution in [2.24, 2.45) is 10.4 Å². The average Bonchev–Trinajstić information content (AvgIpc) is 3.27. The van der Waals surface area contributed by atoms with Crippen molar-refractivity contribution < 1.29 is 23.9 Å². The van der Waals surface area contributed by atoms with Crippen molar-refractivity contribution in [2.45, 2.75) is 71.9 Å². The zero-order valence-corrected chi connectivity index (χ0v) is 24.5. The molecule has 7 nitrogen and oxygen atoms in total. The SMILES string of the molecule is CC(C)(C)OC(=O)[C@H](C[C@H]1C(=O)O[C@@H](C(C)(C)C)N1C(=O)c1ccccc1)N=C(c1ccccc1)c1ccccc1. The predicted molar refractivity (Wildman–Crippen MR) is 159 cm³/mol. The van der Waals surface area contributed by atoms with Crippen molar-refractivity contribution in [3.05, 3.63) is 108 Å². The summed E-state index contributed by atoms with van der Waals surface area (Å²) in [6, 6.07) is 25.7. The van der Waals surface area contributed by atoms with Gasteiger partial charge in [0.1, 0.15) is 11.6 Å². The number of carbonyl (C=O) groups excluding carboxylic acids is 3. The Kier molecular flexibility index (Phi) is 8.76. The van der Waals surface area contributed by atoms with Crippen molar-refractivity contribution in [3.8, 4) is 0 Å². The van der Waals surface area contributed by atoms with Gasteiger partial charge in [-0.2, -0.15) is 0 Å². The summed E-state index contributed by atoms with van der Waals surface area (Å²) in [5.74, 6) is -1.50. The molecular weight excluding hydrogens is 516 g/mol. The molecule has 1 fully saturated rings. The van der Waals surface area contributed by atoms with Crippen LogP contribution in [0.25, 0.3) is 0 Å². The molecular formula is C34H38N2O5. The maximum atomic E-state index is 13.8. The lowest BCUT2D eigenvalue weighted by molar-refractivity contribution is -0.156. The lowest BCUT2D eigenvalue weighted by atomic mass is 9.92. The van der Waals surface area contributed by atoms with E-state index in [2.05, 4.69) is 0 Å². The minimum Gasteiger partial charge on any atom is -0.458 e. The number of hydrogen-bond donors (Lipinski definition) is 0. The second kappa shape index (κ2) is 12.1. The summed E-state index contributed by atoms with van der Waals surface area (Å²) in [7, 11) is 0. The van der Waals surface area contributed by atoms with Crippen molar-refractivity contribution in [2.75, 3.05) is 0 Å². The average molecular weight is 555 g/mol. The number of aliphatic imine (C=N–C) groups is 1. The van der Waals surface area contributed by atoms with Gasteiger partial charge in [0.2, 0.25) is 0 Å². The van der Waals surface area contributed by atoms with Crippen LogP contribution in [-0.2, 0) is 19.1 Å². The van der Waals surface area contributed by atoms with E-state index in [0.717, 1.165) is 11.1 Å². The highest BCUT2D eigenvalue weighted by molar-refractivity contribution is 6.13. The van der Waals surface area contributed by atoms with Gasteiger partial charge in [-0.15, -0.1) is 0 Å². The van der Waals surface area contributed by atoms with Gasteiger partial charge in [-0.3, -0.25) is 14.7 Å². The number of amides is 1. The molecule has 3 atom stereocenters. The Balaban J connectivity index is 1.81. The molecule has 0 aliphatic carbocycles. The largest absolute Gasteiger partial charge is 0.458 e. The number of benzene rings is 3. The Morgan fingerprint density at radius 3 is 1.71 bits per heavy atom. The Labute approximate surface area is 242 Å². The molecule has 1 aliphatic rings. The van der Waals surface area contributed by atoms with E-state index in [1.54, 1.807) is 45.0 Å². The van der Waals surface area contributed by atoms with E-state index >= 15 is 0 Å². The Bertz CT molecular complexity index is 1350. The van der Waals surface area contributed by atoms with Crippen molar-refractivity contribution in [1.29, 1.82) is 0 Å². The molecule has 0 aromatic heterocycles. The van der Waals surface area contributed by atoms with Gasteiger partial charge in [0.25, 0.3) is 5.91 Å². The molecule has 7 heteroatoms. The highest BCUT2D eigenvalue weighted by Gasteiger charge is 2.51. The van der Waals surface area contributed by atoms with Crippen molar-refractivity contribution in [1.82, 2.24) is 4.90 Å². The van der Waals surface area contributed by atoms with Gasteiger partial charge in [0.15, 0.2) is 12.3 Å². The third-order valence-corrected chi connectivity index (χ3v) is 6.59. The molecule has 1 saturated heterocycles. The second-order valence-corrected chi connectivity index (χ2v) is 12.2. The number of nitrogens with zero attached hydrogens (tertiary/aromatic N) is 2. The zero-order valence-electron chi connectivity index (χ0n) is 24.5. The van der Waals surface area contributed by atoms with Crippen LogP contribution in [0.3, 0.4) is 0 Å². The van der Waals surface area contributed by atoms with Gasteiger partial charge in [-0.25, -0.2) is 9.59 Å². The molecule has 3 aromatic carbocycles. The Morgan fingerprint density at radius 2 is 1.27 bits per heavy atom. The van der Waals surface area contributed by atoms with Gasteiger partial charge >= 0.3 is 11.9 Å². The number of ether oxygens (including phenoxy) is 2. The maximum absolute atomic E-state index is 13.8. The number of carbonyl (C=O) groups is 3. The molecule has 0 radical (unpaired) electrons. The second-order valence-electron chi connectivity index (χ2n) is 12.2. The summed E-state index contributed by atoms with van der Waals surface area (Å²) in [4.78, 5) is 47.4. The van der Waals surface area contributed by atoms with Crippen LogP contribution in [0.2, 0.25) is 0 Å². The summed E-state index contributed by atoms with van der Waals surface area (Å²) in [5.41, 5.74) is 1.28. The number of cyclic esters (lactones) is 1. The van der Waals surface area contributed by atoms with Gasteiger partial charge in [0, 0.05) is 28.5 Å². The molecule has 1 heterocycles. The van der Waals surface area contributed by atoms with E-state index in [0.29, 0.717) is 11.3 Å². The molecule has 0 unspecified atom stereocenters. The molecule has 0 saturated carbocycles. The highest BCUT2D eigenvalue weighted by Crippen LogP contribution is 2.36. The van der Waals surface area contributed by atoms with Crippen molar-refractivity contribution >= 4 is 23.6 Å². The van der Waals surface area contributed by atoms with Crippen LogP contribution in [0.5, 0.6) is 0 Å². The fourth-order valence-electron chi connectivity index (χ4n) is 4.75. The van der Waals surface area contributed by atoms with Crippen LogP contribution in [0, 0.1) is 5.41 Å². The number of hydrogen-bond acceptors (Lipinski definition) is 6. The van der Waals surface area contributed by atoms with E-state index in [-0.39, 0.29) is 12.3 Å². The number of rotatable bonds is 7. The minimum atomic E-state index is -1.09. The number of esters is 2. The summed E-state index contributed by atoms with van der Waals surface area (Å²) >= 11 is 0. The first kappa shape index (κ1) is 29.7. The highest BCUT2D eigenvalue weighted by atomic mass is 16.6. The molecule has 3 aromatic rings. The fraction of sp³-hybridized carbons (Fsp3) is 0.353. The molecule has 41 heavy (non-hydrogen) atoms. The first-order valence-electron chi connectivity index (χ1n) is 13.8. The van der Waals surface area contributed by atoms with E-state index in [1.807, 2.05) is 87.5 Å². The molecule has 0 N–H and O–H groups in total. The Hall–Kier alpha value is -4.26. The van der Waals surface area contributed by atoms with E-state index in [4.69, 9.17) is 14.5 Å². The van der Waals surface area contributed by atoms with Gasteiger partial charge in [-0.1, -0.05) is 99.6 Å². The predicted octanol–water partition coefficient (Wildman–Crippen LogP) is 6.06. The third-order valence-electron chi connectivity index (χ3n) is 6.59. The van der Waals surface area contributed by atoms with E-state index < -0.39 is 41.3 Å². The van der Waals surface area contributed by atoms with Gasteiger partial charge in [0.05, 0.1) is 5.71 Å². The van der Waals surface area contributed by atoms with Crippen LogP contribution in [0.15, 0.2) is 96.0 Å². The monoisotopic (exact) mass is 554 g/mol. The fourth-order valence-corrected chi connectivity index (χ4v) is 4.75. The van der Waals surface area contributed by atoms with Crippen LogP contribution >= 0.6 is 0 Å². The van der Waals surface area contributed by atoms with Crippen molar-refractivity contribution in [3.63, 3.8) is 0 Å². The normalized spacial score (nSPS) is 17.9. The van der Waals surface area contributed by atoms with Crippen LogP contribution in [-0.4, -0.2) is 52.4 Å². The molecule has 1 aliphatic heterocycles. The topological polar surface area (TPSA) is 85.3 Å². The summed E-state index contributed by atoms with van der Waals surface area (Å²) in [6.45, 7) is 11.1. The van der Waals surface area contributed by atoms with Crippen LogP contribution in [0.4, 0.5) is 0 Å². The Morgan fingerprint density at radius 1 is 0.805 bits per heavy atom. The minimum absolute atomic E-state index is 0.0952. The molecule has 0 bridgehead atoms. The summed E-state index contributed by atoms with van der Waals surface area (Å²) < 4.78 is 11.6. The first-order valence-corrected chi connectivity index (χ1v) is 13.8. The smallest absolute Gasteiger partial charge is 0.331 e. The lowest BCUT2D eigenvalue weighted by Crippen LogP contribution is -2.49. The summed E-state index contributed by atoms with van der Waals surface area (Å²) in [5, 5.41) is 0. The summed E-state index contributed by atoms with van der Waals surface area (Å²) in [6.07, 6.45) is -0.916.